The predicted octanol–water partition coefficient (Wildman–Crippen LogP) is 3.51. The average Bonchev–Trinajstić information content (AvgIpc) is 2.45. The minimum atomic E-state index is -0.599. The number of para-hydroxylation sites is 1. The van der Waals surface area contributed by atoms with E-state index in [0.717, 1.165) is 5.56 Å². The first kappa shape index (κ1) is 12.9. The Morgan fingerprint density at radius 3 is 2.68 bits per heavy atom. The summed E-state index contributed by atoms with van der Waals surface area (Å²) in [6.45, 7) is 0. The van der Waals surface area contributed by atoms with E-state index >= 15 is 0 Å². The molecule has 2 rings (SSSR count). The van der Waals surface area contributed by atoms with Gasteiger partial charge in [-0.15, -0.1) is 0 Å². The normalized spacial score (nSPS) is 11.4. The van der Waals surface area contributed by atoms with Gasteiger partial charge in [0.2, 0.25) is 0 Å². The molecule has 2 aromatic carbocycles. The first-order valence-electron chi connectivity index (χ1n) is 5.79. The molecule has 0 fully saturated rings. The maximum absolute atomic E-state index is 13.1. The van der Waals surface area contributed by atoms with E-state index in [1.54, 1.807) is 31.4 Å². The molecule has 3 nitrogen and oxygen atoms in total. The van der Waals surface area contributed by atoms with E-state index < -0.39 is 6.04 Å². The lowest BCUT2D eigenvalue weighted by atomic mass is 10.1. The van der Waals surface area contributed by atoms with Crippen molar-refractivity contribution in [3.05, 3.63) is 59.9 Å². The molecule has 1 N–H and O–H groups in total. The molecule has 0 amide bonds. The molecule has 0 aliphatic heterocycles. The Bertz CT molecular complexity index is 607. The van der Waals surface area contributed by atoms with Gasteiger partial charge in [-0.05, 0) is 24.3 Å². The molecule has 1 atom stereocenters. The van der Waals surface area contributed by atoms with Crippen molar-refractivity contribution < 1.29 is 9.13 Å². The fourth-order valence-electron chi connectivity index (χ4n) is 1.83. The highest BCUT2D eigenvalue weighted by atomic mass is 19.1. The molecule has 0 aromatic heterocycles. The zero-order chi connectivity index (χ0) is 13.7. The highest BCUT2D eigenvalue weighted by Gasteiger charge is 2.14. The van der Waals surface area contributed by atoms with Crippen LogP contribution in [0, 0.1) is 17.1 Å². The number of halogens is 1. The number of anilines is 1. The fourth-order valence-corrected chi connectivity index (χ4v) is 1.83. The molecular formula is C15H13FN2O. The van der Waals surface area contributed by atoms with Gasteiger partial charge in [0.15, 0.2) is 0 Å². The lowest BCUT2D eigenvalue weighted by Gasteiger charge is -2.16. The number of rotatable bonds is 4. The maximum atomic E-state index is 13.1. The molecule has 0 heterocycles. The summed E-state index contributed by atoms with van der Waals surface area (Å²) in [5.41, 5.74) is 1.27. The van der Waals surface area contributed by atoms with Crippen molar-refractivity contribution in [1.82, 2.24) is 0 Å². The first-order chi connectivity index (χ1) is 9.24. The molecule has 0 saturated carbocycles. The molecule has 0 saturated heterocycles. The first-order valence-corrected chi connectivity index (χ1v) is 5.79. The standard InChI is InChI=1S/C15H13FN2O/c1-19-15-8-3-2-7-13(15)14(10-17)18-12-6-4-5-11(16)9-12/h2-9,14,18H,1H3. The number of hydrogen-bond acceptors (Lipinski definition) is 3. The van der Waals surface area contributed by atoms with E-state index in [1.807, 2.05) is 12.1 Å². The van der Waals surface area contributed by atoms with Gasteiger partial charge in [0.05, 0.1) is 13.2 Å². The monoisotopic (exact) mass is 256 g/mol. The minimum Gasteiger partial charge on any atom is -0.496 e. The van der Waals surface area contributed by atoms with E-state index in [4.69, 9.17) is 4.74 Å². The van der Waals surface area contributed by atoms with Gasteiger partial charge in [-0.3, -0.25) is 0 Å². The quantitative estimate of drug-likeness (QED) is 0.910. The summed E-state index contributed by atoms with van der Waals surface area (Å²) >= 11 is 0. The van der Waals surface area contributed by atoms with E-state index in [0.29, 0.717) is 11.4 Å². The SMILES string of the molecule is COc1ccccc1C(C#N)Nc1cccc(F)c1. The van der Waals surface area contributed by atoms with Gasteiger partial charge in [0.1, 0.15) is 17.6 Å². The molecular weight excluding hydrogens is 243 g/mol. The highest BCUT2D eigenvalue weighted by Crippen LogP contribution is 2.27. The van der Waals surface area contributed by atoms with E-state index in [9.17, 15) is 9.65 Å². The van der Waals surface area contributed by atoms with Gasteiger partial charge in [-0.1, -0.05) is 24.3 Å². The van der Waals surface area contributed by atoms with Crippen LogP contribution in [0.3, 0.4) is 0 Å². The van der Waals surface area contributed by atoms with Crippen molar-refractivity contribution in [3.8, 4) is 11.8 Å². The van der Waals surface area contributed by atoms with Gasteiger partial charge in [-0.2, -0.15) is 5.26 Å². The number of hydrogen-bond donors (Lipinski definition) is 1. The van der Waals surface area contributed by atoms with Gasteiger partial charge in [0, 0.05) is 11.3 Å². The summed E-state index contributed by atoms with van der Waals surface area (Å²) in [6, 6.07) is 14.8. The second kappa shape index (κ2) is 5.87. The number of nitrogens with zero attached hydrogens (tertiary/aromatic N) is 1. The Morgan fingerprint density at radius 2 is 2.00 bits per heavy atom. The molecule has 2 aromatic rings. The molecule has 0 radical (unpaired) electrons. The zero-order valence-electron chi connectivity index (χ0n) is 10.4. The Labute approximate surface area is 111 Å². The van der Waals surface area contributed by atoms with Crippen LogP contribution in [0.5, 0.6) is 5.75 Å². The van der Waals surface area contributed by atoms with Gasteiger partial charge < -0.3 is 10.1 Å². The third kappa shape index (κ3) is 3.02. The third-order valence-electron chi connectivity index (χ3n) is 2.71. The summed E-state index contributed by atoms with van der Waals surface area (Å²) in [4.78, 5) is 0. The molecule has 96 valence electrons. The summed E-state index contributed by atoms with van der Waals surface area (Å²) in [6.07, 6.45) is 0. The number of methoxy groups -OCH3 is 1. The van der Waals surface area contributed by atoms with E-state index in [-0.39, 0.29) is 5.82 Å². The van der Waals surface area contributed by atoms with Crippen molar-refractivity contribution in [1.29, 1.82) is 5.26 Å². The number of benzene rings is 2. The van der Waals surface area contributed by atoms with Crippen LogP contribution in [0.25, 0.3) is 0 Å². The summed E-state index contributed by atoms with van der Waals surface area (Å²) < 4.78 is 18.3. The van der Waals surface area contributed by atoms with Crippen molar-refractivity contribution >= 4 is 5.69 Å². The van der Waals surface area contributed by atoms with Crippen molar-refractivity contribution in [2.75, 3.05) is 12.4 Å². The molecule has 0 bridgehead atoms. The minimum absolute atomic E-state index is 0.346. The van der Waals surface area contributed by atoms with Crippen LogP contribution in [0.2, 0.25) is 0 Å². The molecule has 0 aliphatic rings. The molecule has 4 heteroatoms. The highest BCUT2D eigenvalue weighted by molar-refractivity contribution is 5.50. The second-order valence-electron chi connectivity index (χ2n) is 3.96. The van der Waals surface area contributed by atoms with Crippen LogP contribution in [0.15, 0.2) is 48.5 Å². The van der Waals surface area contributed by atoms with Crippen molar-refractivity contribution in [3.63, 3.8) is 0 Å². The molecule has 0 spiro atoms. The Hall–Kier alpha value is -2.54. The lowest BCUT2D eigenvalue weighted by molar-refractivity contribution is 0.409. The zero-order valence-corrected chi connectivity index (χ0v) is 10.4. The largest absolute Gasteiger partial charge is 0.496 e. The van der Waals surface area contributed by atoms with E-state index in [1.165, 1.54) is 12.1 Å². The van der Waals surface area contributed by atoms with Crippen molar-refractivity contribution in [2.24, 2.45) is 0 Å². The van der Waals surface area contributed by atoms with Crippen molar-refractivity contribution in [2.45, 2.75) is 6.04 Å². The molecule has 19 heavy (non-hydrogen) atoms. The van der Waals surface area contributed by atoms with Crippen LogP contribution in [0.1, 0.15) is 11.6 Å². The van der Waals surface area contributed by atoms with Crippen LogP contribution in [-0.2, 0) is 0 Å². The van der Waals surface area contributed by atoms with E-state index in [2.05, 4.69) is 11.4 Å². The summed E-state index contributed by atoms with van der Waals surface area (Å²) in [5.74, 6) is 0.277. The Morgan fingerprint density at radius 1 is 1.21 bits per heavy atom. The number of nitrogens with one attached hydrogen (secondary N) is 1. The van der Waals surface area contributed by atoms with Crippen LogP contribution in [0.4, 0.5) is 10.1 Å². The summed E-state index contributed by atoms with van der Waals surface area (Å²) in [5, 5.41) is 12.2. The van der Waals surface area contributed by atoms with Crippen LogP contribution < -0.4 is 10.1 Å². The topological polar surface area (TPSA) is 45.0 Å². The Balaban J connectivity index is 2.28. The van der Waals surface area contributed by atoms with Crippen LogP contribution >= 0.6 is 0 Å². The number of nitriles is 1. The predicted molar refractivity (Wildman–Crippen MR) is 71.4 cm³/mol. The molecule has 1 unspecified atom stereocenters. The van der Waals surface area contributed by atoms with Gasteiger partial charge >= 0.3 is 0 Å². The smallest absolute Gasteiger partial charge is 0.143 e. The summed E-state index contributed by atoms with van der Waals surface area (Å²) in [7, 11) is 1.55. The Kier molecular flexibility index (Phi) is 3.99. The second-order valence-corrected chi connectivity index (χ2v) is 3.96. The average molecular weight is 256 g/mol. The van der Waals surface area contributed by atoms with Gasteiger partial charge in [0.25, 0.3) is 0 Å². The van der Waals surface area contributed by atoms with Crippen LogP contribution in [-0.4, -0.2) is 7.11 Å². The van der Waals surface area contributed by atoms with Gasteiger partial charge in [-0.25, -0.2) is 4.39 Å². The molecule has 0 aliphatic carbocycles. The third-order valence-corrected chi connectivity index (χ3v) is 2.71. The fraction of sp³-hybridized carbons (Fsp3) is 0.133. The number of ether oxygens (including phenoxy) is 1. The lowest BCUT2D eigenvalue weighted by Crippen LogP contribution is -2.09. The maximum Gasteiger partial charge on any atom is 0.143 e.